The normalized spacial score (nSPS) is 10.1. The van der Waals surface area contributed by atoms with Crippen molar-refractivity contribution in [3.05, 3.63) is 42.5 Å². The van der Waals surface area contributed by atoms with Crippen molar-refractivity contribution >= 4 is 0 Å². The van der Waals surface area contributed by atoms with E-state index in [4.69, 9.17) is 4.74 Å². The highest BCUT2D eigenvalue weighted by molar-refractivity contribution is 5.72. The van der Waals surface area contributed by atoms with Gasteiger partial charge in [-0.05, 0) is 35.9 Å². The summed E-state index contributed by atoms with van der Waals surface area (Å²) >= 11 is 0. The van der Waals surface area contributed by atoms with E-state index in [0.29, 0.717) is 5.75 Å². The first-order valence-corrected chi connectivity index (χ1v) is 4.79. The Morgan fingerprint density at radius 2 is 1.94 bits per heavy atom. The molecule has 0 aliphatic rings. The molecule has 0 aromatic heterocycles. The molecule has 0 aliphatic heterocycles. The number of phenols is 2. The number of ether oxygens (including phenoxy) is 1. The van der Waals surface area contributed by atoms with Gasteiger partial charge in [0, 0.05) is 5.56 Å². The van der Waals surface area contributed by atoms with Crippen LogP contribution in [0.5, 0.6) is 17.2 Å². The van der Waals surface area contributed by atoms with Crippen molar-refractivity contribution in [3.8, 4) is 28.4 Å². The van der Waals surface area contributed by atoms with E-state index in [-0.39, 0.29) is 11.5 Å². The topological polar surface area (TPSA) is 49.7 Å². The Bertz CT molecular complexity index is 506. The van der Waals surface area contributed by atoms with Gasteiger partial charge >= 0.3 is 0 Å². The summed E-state index contributed by atoms with van der Waals surface area (Å²) in [4.78, 5) is 0. The van der Waals surface area contributed by atoms with Crippen LogP contribution >= 0.6 is 0 Å². The molecule has 0 saturated heterocycles. The Morgan fingerprint density at radius 3 is 2.62 bits per heavy atom. The molecule has 3 nitrogen and oxygen atoms in total. The lowest BCUT2D eigenvalue weighted by Crippen LogP contribution is -1.87. The van der Waals surface area contributed by atoms with Gasteiger partial charge in [-0.15, -0.1) is 0 Å². The largest absolute Gasteiger partial charge is 0.504 e. The molecule has 0 amide bonds. The number of aromatic hydroxyl groups is 2. The van der Waals surface area contributed by atoms with Gasteiger partial charge in [-0.25, -0.2) is 0 Å². The van der Waals surface area contributed by atoms with E-state index in [9.17, 15) is 10.2 Å². The fourth-order valence-electron chi connectivity index (χ4n) is 1.51. The van der Waals surface area contributed by atoms with E-state index in [1.54, 1.807) is 31.4 Å². The van der Waals surface area contributed by atoms with Crippen LogP contribution in [-0.4, -0.2) is 17.3 Å². The Morgan fingerprint density at radius 1 is 1.12 bits per heavy atom. The molecule has 81 valence electrons. The SMILES string of the molecule is COc1cc[c]cc1-c1ccc(O)c(O)c1. The number of hydrogen-bond acceptors (Lipinski definition) is 3. The lowest BCUT2D eigenvalue weighted by molar-refractivity contribution is 0.403. The van der Waals surface area contributed by atoms with Gasteiger partial charge in [0.15, 0.2) is 11.5 Å². The summed E-state index contributed by atoms with van der Waals surface area (Å²) < 4.78 is 5.21. The highest BCUT2D eigenvalue weighted by atomic mass is 16.5. The molecule has 0 aliphatic carbocycles. The molecule has 2 rings (SSSR count). The number of hydrogen-bond donors (Lipinski definition) is 2. The van der Waals surface area contributed by atoms with E-state index in [1.165, 1.54) is 12.1 Å². The third-order valence-electron chi connectivity index (χ3n) is 2.33. The van der Waals surface area contributed by atoms with Gasteiger partial charge in [-0.1, -0.05) is 12.1 Å². The molecular weight excluding hydrogens is 204 g/mol. The van der Waals surface area contributed by atoms with Crippen molar-refractivity contribution in [3.63, 3.8) is 0 Å². The molecule has 0 atom stereocenters. The van der Waals surface area contributed by atoms with Crippen molar-refractivity contribution in [1.82, 2.24) is 0 Å². The molecule has 2 aromatic carbocycles. The molecule has 0 spiro atoms. The minimum atomic E-state index is -0.150. The smallest absolute Gasteiger partial charge is 0.158 e. The molecule has 2 N–H and O–H groups in total. The molecule has 0 saturated carbocycles. The monoisotopic (exact) mass is 215 g/mol. The molecule has 2 aromatic rings. The maximum Gasteiger partial charge on any atom is 0.158 e. The van der Waals surface area contributed by atoms with Crippen molar-refractivity contribution in [1.29, 1.82) is 0 Å². The van der Waals surface area contributed by atoms with Crippen LogP contribution in [0.2, 0.25) is 0 Å². The molecule has 3 heteroatoms. The quantitative estimate of drug-likeness (QED) is 0.757. The van der Waals surface area contributed by atoms with Gasteiger partial charge in [0.2, 0.25) is 0 Å². The molecule has 16 heavy (non-hydrogen) atoms. The summed E-state index contributed by atoms with van der Waals surface area (Å²) in [5, 5.41) is 18.7. The highest BCUT2D eigenvalue weighted by Gasteiger charge is 2.07. The van der Waals surface area contributed by atoms with Gasteiger partial charge in [0.05, 0.1) is 7.11 Å². The summed E-state index contributed by atoms with van der Waals surface area (Å²) in [6.07, 6.45) is 0. The lowest BCUT2D eigenvalue weighted by atomic mass is 10.0. The van der Waals surface area contributed by atoms with Crippen molar-refractivity contribution in [2.45, 2.75) is 0 Å². The third kappa shape index (κ3) is 1.80. The minimum Gasteiger partial charge on any atom is -0.504 e. The number of phenolic OH excluding ortho intramolecular Hbond substituents is 2. The summed E-state index contributed by atoms with van der Waals surface area (Å²) in [5.74, 6) is 0.412. The summed E-state index contributed by atoms with van der Waals surface area (Å²) in [7, 11) is 1.58. The highest BCUT2D eigenvalue weighted by Crippen LogP contribution is 2.34. The van der Waals surface area contributed by atoms with Crippen molar-refractivity contribution in [2.24, 2.45) is 0 Å². The second-order valence-electron chi connectivity index (χ2n) is 3.33. The number of benzene rings is 2. The van der Waals surface area contributed by atoms with Crippen LogP contribution in [0.4, 0.5) is 0 Å². The Hall–Kier alpha value is -2.16. The minimum absolute atomic E-state index is 0.136. The second-order valence-corrected chi connectivity index (χ2v) is 3.33. The van der Waals surface area contributed by atoms with Crippen LogP contribution in [0.1, 0.15) is 0 Å². The summed E-state index contributed by atoms with van der Waals surface area (Å²) in [5.41, 5.74) is 1.59. The lowest BCUT2D eigenvalue weighted by Gasteiger charge is -2.08. The molecule has 0 unspecified atom stereocenters. The Balaban J connectivity index is 2.54. The zero-order chi connectivity index (χ0) is 11.5. The fraction of sp³-hybridized carbons (Fsp3) is 0.0769. The number of rotatable bonds is 2. The number of methoxy groups -OCH3 is 1. The van der Waals surface area contributed by atoms with Gasteiger partial charge in [-0.3, -0.25) is 0 Å². The zero-order valence-corrected chi connectivity index (χ0v) is 8.77. The van der Waals surface area contributed by atoms with E-state index in [1.807, 2.05) is 0 Å². The summed E-state index contributed by atoms with van der Waals surface area (Å²) in [6, 6.07) is 12.9. The van der Waals surface area contributed by atoms with Crippen LogP contribution in [0.3, 0.4) is 0 Å². The summed E-state index contributed by atoms with van der Waals surface area (Å²) in [6.45, 7) is 0. The van der Waals surface area contributed by atoms with Crippen molar-refractivity contribution in [2.75, 3.05) is 7.11 Å². The Kier molecular flexibility index (Phi) is 2.68. The van der Waals surface area contributed by atoms with E-state index in [2.05, 4.69) is 6.07 Å². The second kappa shape index (κ2) is 4.14. The molecule has 0 bridgehead atoms. The average molecular weight is 215 g/mol. The molecular formula is C13H11O3. The average Bonchev–Trinajstić information content (AvgIpc) is 2.32. The van der Waals surface area contributed by atoms with E-state index in [0.717, 1.165) is 11.1 Å². The van der Waals surface area contributed by atoms with Crippen LogP contribution in [-0.2, 0) is 0 Å². The van der Waals surface area contributed by atoms with Crippen molar-refractivity contribution < 1.29 is 14.9 Å². The standard InChI is InChI=1S/C13H11O3/c1-16-13-5-3-2-4-10(13)9-6-7-11(14)12(15)8-9/h3-8,14-15H,1H3. The molecule has 0 fully saturated rings. The molecule has 1 radical (unpaired) electrons. The van der Waals surface area contributed by atoms with E-state index < -0.39 is 0 Å². The third-order valence-corrected chi connectivity index (χ3v) is 2.33. The maximum absolute atomic E-state index is 9.42. The Labute approximate surface area is 93.6 Å². The predicted octanol–water partition coefficient (Wildman–Crippen LogP) is 2.57. The van der Waals surface area contributed by atoms with Crippen LogP contribution < -0.4 is 4.74 Å². The van der Waals surface area contributed by atoms with Crippen LogP contribution in [0.15, 0.2) is 36.4 Å². The molecule has 0 heterocycles. The first-order valence-electron chi connectivity index (χ1n) is 4.79. The first-order chi connectivity index (χ1) is 7.72. The first kappa shape index (κ1) is 10.4. The van der Waals surface area contributed by atoms with Crippen LogP contribution in [0.25, 0.3) is 11.1 Å². The van der Waals surface area contributed by atoms with Gasteiger partial charge in [0.25, 0.3) is 0 Å². The van der Waals surface area contributed by atoms with E-state index >= 15 is 0 Å². The fourth-order valence-corrected chi connectivity index (χ4v) is 1.51. The maximum atomic E-state index is 9.42. The van der Waals surface area contributed by atoms with Gasteiger partial charge < -0.3 is 14.9 Å². The van der Waals surface area contributed by atoms with Gasteiger partial charge in [-0.2, -0.15) is 0 Å². The van der Waals surface area contributed by atoms with Crippen LogP contribution in [0, 0.1) is 6.07 Å². The zero-order valence-electron chi connectivity index (χ0n) is 8.77. The van der Waals surface area contributed by atoms with Gasteiger partial charge in [0.1, 0.15) is 5.75 Å². The predicted molar refractivity (Wildman–Crippen MR) is 60.6 cm³/mol.